The van der Waals surface area contributed by atoms with Crippen LogP contribution in [0.3, 0.4) is 0 Å². The van der Waals surface area contributed by atoms with Crippen LogP contribution in [0.4, 0.5) is 0 Å². The second kappa shape index (κ2) is 7.75. The van der Waals surface area contributed by atoms with Gasteiger partial charge in [-0.2, -0.15) is 5.10 Å². The van der Waals surface area contributed by atoms with Gasteiger partial charge in [-0.25, -0.2) is 0 Å². The molecular weight excluding hydrogens is 286 g/mol. The Balaban J connectivity index is 1.54. The van der Waals surface area contributed by atoms with Crippen LogP contribution in [0, 0.1) is 13.8 Å². The Kier molecular flexibility index (Phi) is 5.47. The van der Waals surface area contributed by atoms with Gasteiger partial charge in [-0.15, -0.1) is 0 Å². The summed E-state index contributed by atoms with van der Waals surface area (Å²) in [5.74, 6) is 0. The van der Waals surface area contributed by atoms with Gasteiger partial charge in [-0.1, -0.05) is 12.1 Å². The van der Waals surface area contributed by atoms with Gasteiger partial charge in [0.1, 0.15) is 0 Å². The van der Waals surface area contributed by atoms with Crippen molar-refractivity contribution in [2.24, 2.45) is 0 Å². The molecule has 0 unspecified atom stereocenters. The second-order valence-corrected chi connectivity index (χ2v) is 6.52. The minimum Gasteiger partial charge on any atom is -0.378 e. The summed E-state index contributed by atoms with van der Waals surface area (Å²) in [5, 5.41) is 10.9. The van der Waals surface area contributed by atoms with Gasteiger partial charge in [-0.05, 0) is 63.3 Å². The molecule has 4 heteroatoms. The number of hydrogen-bond acceptors (Lipinski definition) is 3. The standard InChI is InChI=1S/C19H27N3O/c1-14-6-7-16(11-15(14)2)19-17(13-21-22-19)12-20-9-8-18-5-3-4-10-23-18/h6-7,11,13,18,20H,3-5,8-10,12H2,1-2H3,(H,21,22)/t18-/m0/s1. The maximum Gasteiger partial charge on any atom is 0.0695 e. The van der Waals surface area contributed by atoms with Crippen molar-refractivity contribution >= 4 is 0 Å². The van der Waals surface area contributed by atoms with Gasteiger partial charge in [0.05, 0.1) is 18.0 Å². The van der Waals surface area contributed by atoms with Crippen molar-refractivity contribution in [3.8, 4) is 11.3 Å². The van der Waals surface area contributed by atoms with Crippen LogP contribution in [0.5, 0.6) is 0 Å². The van der Waals surface area contributed by atoms with Crippen LogP contribution in [0.2, 0.25) is 0 Å². The van der Waals surface area contributed by atoms with Crippen LogP contribution in [0.1, 0.15) is 42.4 Å². The number of H-pyrrole nitrogens is 1. The van der Waals surface area contributed by atoms with Gasteiger partial charge in [0, 0.05) is 24.3 Å². The van der Waals surface area contributed by atoms with Crippen molar-refractivity contribution in [2.75, 3.05) is 13.2 Å². The fourth-order valence-electron chi connectivity index (χ4n) is 3.11. The number of aryl methyl sites for hydroxylation is 2. The summed E-state index contributed by atoms with van der Waals surface area (Å²) in [4.78, 5) is 0. The zero-order valence-corrected chi connectivity index (χ0v) is 14.2. The molecule has 1 aromatic carbocycles. The van der Waals surface area contributed by atoms with E-state index in [1.807, 2.05) is 6.20 Å². The molecule has 0 amide bonds. The summed E-state index contributed by atoms with van der Waals surface area (Å²) in [6.45, 7) is 7.05. The number of hydrogen-bond donors (Lipinski definition) is 2. The fourth-order valence-corrected chi connectivity index (χ4v) is 3.11. The van der Waals surface area contributed by atoms with Gasteiger partial charge >= 0.3 is 0 Å². The lowest BCUT2D eigenvalue weighted by Gasteiger charge is -2.22. The number of aromatic amines is 1. The van der Waals surface area contributed by atoms with Crippen LogP contribution >= 0.6 is 0 Å². The molecule has 4 nitrogen and oxygen atoms in total. The number of aromatic nitrogens is 2. The Labute approximate surface area is 138 Å². The summed E-state index contributed by atoms with van der Waals surface area (Å²) in [6.07, 6.45) is 7.20. The molecule has 0 spiro atoms. The number of ether oxygens (including phenoxy) is 1. The average molecular weight is 313 g/mol. The third-order valence-electron chi connectivity index (χ3n) is 4.75. The zero-order chi connectivity index (χ0) is 16.1. The van der Waals surface area contributed by atoms with Crippen LogP contribution < -0.4 is 5.32 Å². The van der Waals surface area contributed by atoms with E-state index in [0.717, 1.165) is 31.8 Å². The van der Waals surface area contributed by atoms with Crippen LogP contribution in [0.25, 0.3) is 11.3 Å². The maximum atomic E-state index is 5.77. The van der Waals surface area contributed by atoms with E-state index in [1.54, 1.807) is 0 Å². The normalized spacial score (nSPS) is 18.3. The largest absolute Gasteiger partial charge is 0.378 e. The van der Waals surface area contributed by atoms with Crippen molar-refractivity contribution in [1.82, 2.24) is 15.5 Å². The topological polar surface area (TPSA) is 49.9 Å². The van der Waals surface area contributed by atoms with E-state index in [-0.39, 0.29) is 0 Å². The molecule has 2 heterocycles. The van der Waals surface area contributed by atoms with E-state index in [9.17, 15) is 0 Å². The molecule has 3 rings (SSSR count). The summed E-state index contributed by atoms with van der Waals surface area (Å²) in [7, 11) is 0. The monoisotopic (exact) mass is 313 g/mol. The van der Waals surface area contributed by atoms with Gasteiger partial charge in [0.15, 0.2) is 0 Å². The molecular formula is C19H27N3O. The van der Waals surface area contributed by atoms with E-state index in [2.05, 4.69) is 47.6 Å². The smallest absolute Gasteiger partial charge is 0.0695 e. The van der Waals surface area contributed by atoms with Crippen molar-refractivity contribution in [2.45, 2.75) is 52.2 Å². The Morgan fingerprint density at radius 1 is 1.26 bits per heavy atom. The SMILES string of the molecule is Cc1ccc(-c2[nH]ncc2CNCC[C@@H]2CCCCO2)cc1C. The molecule has 1 aromatic heterocycles. The van der Waals surface area contributed by atoms with E-state index in [1.165, 1.54) is 41.5 Å². The molecule has 1 aliphatic rings. The van der Waals surface area contributed by atoms with Gasteiger partial charge in [0.25, 0.3) is 0 Å². The highest BCUT2D eigenvalue weighted by molar-refractivity contribution is 5.64. The number of benzene rings is 1. The highest BCUT2D eigenvalue weighted by Gasteiger charge is 2.13. The van der Waals surface area contributed by atoms with Gasteiger partial charge in [0.2, 0.25) is 0 Å². The molecule has 0 radical (unpaired) electrons. The van der Waals surface area contributed by atoms with Crippen LogP contribution in [-0.4, -0.2) is 29.5 Å². The third kappa shape index (κ3) is 4.21. The first kappa shape index (κ1) is 16.2. The quantitative estimate of drug-likeness (QED) is 0.799. The molecule has 1 aliphatic heterocycles. The summed E-state index contributed by atoms with van der Waals surface area (Å²) >= 11 is 0. The predicted octanol–water partition coefficient (Wildman–Crippen LogP) is 3.74. The van der Waals surface area contributed by atoms with E-state index >= 15 is 0 Å². The predicted molar refractivity (Wildman–Crippen MR) is 93.4 cm³/mol. The Hall–Kier alpha value is -1.65. The lowest BCUT2D eigenvalue weighted by molar-refractivity contribution is 0.0115. The number of nitrogens with one attached hydrogen (secondary N) is 2. The molecule has 23 heavy (non-hydrogen) atoms. The molecule has 1 fully saturated rings. The first-order valence-electron chi connectivity index (χ1n) is 8.66. The first-order valence-corrected chi connectivity index (χ1v) is 8.66. The molecule has 0 bridgehead atoms. The molecule has 124 valence electrons. The molecule has 0 aliphatic carbocycles. The lowest BCUT2D eigenvalue weighted by atomic mass is 10.0. The first-order chi connectivity index (χ1) is 11.2. The molecule has 0 saturated carbocycles. The van der Waals surface area contributed by atoms with E-state index in [0.29, 0.717) is 6.10 Å². The van der Waals surface area contributed by atoms with Crippen molar-refractivity contribution < 1.29 is 4.74 Å². The maximum absolute atomic E-state index is 5.77. The molecule has 2 N–H and O–H groups in total. The highest BCUT2D eigenvalue weighted by atomic mass is 16.5. The van der Waals surface area contributed by atoms with E-state index in [4.69, 9.17) is 4.74 Å². The van der Waals surface area contributed by atoms with Crippen molar-refractivity contribution in [3.05, 3.63) is 41.1 Å². The van der Waals surface area contributed by atoms with Gasteiger partial charge in [-0.3, -0.25) is 5.10 Å². The van der Waals surface area contributed by atoms with Crippen LogP contribution in [0.15, 0.2) is 24.4 Å². The highest BCUT2D eigenvalue weighted by Crippen LogP contribution is 2.23. The third-order valence-corrected chi connectivity index (χ3v) is 4.75. The van der Waals surface area contributed by atoms with Gasteiger partial charge < -0.3 is 10.1 Å². The Morgan fingerprint density at radius 3 is 2.96 bits per heavy atom. The Morgan fingerprint density at radius 2 is 2.17 bits per heavy atom. The lowest BCUT2D eigenvalue weighted by Crippen LogP contribution is -2.25. The average Bonchev–Trinajstić information content (AvgIpc) is 3.04. The summed E-state index contributed by atoms with van der Waals surface area (Å²) < 4.78 is 5.77. The summed E-state index contributed by atoms with van der Waals surface area (Å²) in [6, 6.07) is 6.56. The molecule has 2 aromatic rings. The number of rotatable bonds is 6. The zero-order valence-electron chi connectivity index (χ0n) is 14.2. The Bertz CT molecular complexity index is 629. The molecule has 1 saturated heterocycles. The van der Waals surface area contributed by atoms with Crippen molar-refractivity contribution in [3.63, 3.8) is 0 Å². The fraction of sp³-hybridized carbons (Fsp3) is 0.526. The van der Waals surface area contributed by atoms with Crippen molar-refractivity contribution in [1.29, 1.82) is 0 Å². The minimum atomic E-state index is 0.444. The van der Waals surface area contributed by atoms with E-state index < -0.39 is 0 Å². The minimum absolute atomic E-state index is 0.444. The molecule has 1 atom stereocenters. The van der Waals surface area contributed by atoms with Crippen LogP contribution in [-0.2, 0) is 11.3 Å². The summed E-state index contributed by atoms with van der Waals surface area (Å²) in [5.41, 5.74) is 6.18. The second-order valence-electron chi connectivity index (χ2n) is 6.52. The number of nitrogens with zero attached hydrogens (tertiary/aromatic N) is 1.